The van der Waals surface area contributed by atoms with Gasteiger partial charge in [-0.1, -0.05) is 0 Å². The Labute approximate surface area is 55.4 Å². The van der Waals surface area contributed by atoms with Crippen LogP contribution in [0.4, 0.5) is 0 Å². The van der Waals surface area contributed by atoms with Crippen molar-refractivity contribution in [2.45, 2.75) is 19.6 Å². The molecule has 0 aromatic rings. The van der Waals surface area contributed by atoms with Crippen molar-refractivity contribution in [1.29, 1.82) is 0 Å². The van der Waals surface area contributed by atoms with Gasteiger partial charge in [0, 0.05) is 7.11 Å². The van der Waals surface area contributed by atoms with Crippen LogP contribution in [0.2, 0.25) is 0 Å². The molecule has 0 bridgehead atoms. The summed E-state index contributed by atoms with van der Waals surface area (Å²) in [6.07, 6.45) is 0.806. The smallest absolute Gasteiger partial charge is 0.133 e. The Morgan fingerprint density at radius 2 is 2.22 bits per heavy atom. The minimum Gasteiger partial charge on any atom is -0.364 e. The zero-order chi connectivity index (χ0) is 7.33. The second-order valence-electron chi connectivity index (χ2n) is 2.26. The van der Waals surface area contributed by atoms with Gasteiger partial charge in [-0.05, 0) is 13.8 Å². The fourth-order valence-electron chi connectivity index (χ4n) is 0.360. The average molecular weight is 131 g/mol. The van der Waals surface area contributed by atoms with Gasteiger partial charge in [-0.25, -0.2) is 0 Å². The number of methoxy groups -OCH3 is 1. The van der Waals surface area contributed by atoms with Crippen molar-refractivity contribution in [3.63, 3.8) is 0 Å². The number of hydrogen-bond acceptors (Lipinski definition) is 3. The first-order valence-corrected chi connectivity index (χ1v) is 2.86. The molecule has 0 aromatic heterocycles. The molecule has 0 aromatic carbocycles. The molecule has 0 fully saturated rings. The van der Waals surface area contributed by atoms with Gasteiger partial charge >= 0.3 is 0 Å². The topological polar surface area (TPSA) is 38.3 Å². The van der Waals surface area contributed by atoms with E-state index in [0.29, 0.717) is 6.54 Å². The Balaban J connectivity index is 3.44. The molecule has 1 N–H and O–H groups in total. The van der Waals surface area contributed by atoms with Crippen LogP contribution in [0.5, 0.6) is 0 Å². The predicted molar refractivity (Wildman–Crippen MR) is 35.2 cm³/mol. The molecule has 0 heterocycles. The molecule has 0 aliphatic rings. The summed E-state index contributed by atoms with van der Waals surface area (Å²) < 4.78 is 4.97. The van der Waals surface area contributed by atoms with Gasteiger partial charge in [0.25, 0.3) is 0 Å². The van der Waals surface area contributed by atoms with Crippen LogP contribution < -0.4 is 5.32 Å². The summed E-state index contributed by atoms with van der Waals surface area (Å²) in [6, 6.07) is 0. The number of carbonyl (C=O) groups excluding carboxylic acids is 1. The average Bonchev–Trinajstić information content (AvgIpc) is 1.84. The molecular weight excluding hydrogens is 118 g/mol. The zero-order valence-electron chi connectivity index (χ0n) is 6.10. The molecule has 0 saturated heterocycles. The summed E-state index contributed by atoms with van der Waals surface area (Å²) in [5, 5.41) is 2.87. The van der Waals surface area contributed by atoms with Crippen LogP contribution in [0.15, 0.2) is 0 Å². The van der Waals surface area contributed by atoms with Gasteiger partial charge in [0.05, 0.1) is 6.54 Å². The molecular formula is C6H13NO2. The van der Waals surface area contributed by atoms with Crippen LogP contribution in [-0.4, -0.2) is 25.7 Å². The predicted octanol–water partition coefficient (Wildman–Crippen LogP) is 0.157. The Morgan fingerprint density at radius 3 is 2.56 bits per heavy atom. The standard InChI is InChI=1S/C6H13NO2/c1-6(2,9-3)7-4-5-8/h5,7H,4H2,1-3H3. The maximum atomic E-state index is 9.85. The first-order chi connectivity index (χ1) is 4.12. The zero-order valence-corrected chi connectivity index (χ0v) is 6.10. The van der Waals surface area contributed by atoms with Crippen LogP contribution >= 0.6 is 0 Å². The van der Waals surface area contributed by atoms with Crippen LogP contribution in [0.3, 0.4) is 0 Å². The normalized spacial score (nSPS) is 11.4. The first-order valence-electron chi connectivity index (χ1n) is 2.86. The van der Waals surface area contributed by atoms with Gasteiger partial charge in [0.15, 0.2) is 0 Å². The van der Waals surface area contributed by atoms with Crippen LogP contribution in [-0.2, 0) is 9.53 Å². The Morgan fingerprint density at radius 1 is 1.67 bits per heavy atom. The quantitative estimate of drug-likeness (QED) is 0.436. The van der Waals surface area contributed by atoms with Crippen molar-refractivity contribution < 1.29 is 9.53 Å². The largest absolute Gasteiger partial charge is 0.364 e. The summed E-state index contributed by atoms with van der Waals surface area (Å²) >= 11 is 0. The highest BCUT2D eigenvalue weighted by Crippen LogP contribution is 1.99. The number of aldehydes is 1. The van der Waals surface area contributed by atoms with Crippen molar-refractivity contribution >= 4 is 6.29 Å². The minimum atomic E-state index is -0.388. The molecule has 9 heavy (non-hydrogen) atoms. The van der Waals surface area contributed by atoms with Crippen molar-refractivity contribution in [1.82, 2.24) is 5.32 Å². The van der Waals surface area contributed by atoms with E-state index in [4.69, 9.17) is 4.74 Å². The lowest BCUT2D eigenvalue weighted by molar-refractivity contribution is -0.108. The molecule has 0 spiro atoms. The maximum Gasteiger partial charge on any atom is 0.133 e. The summed E-state index contributed by atoms with van der Waals surface area (Å²) in [5.74, 6) is 0. The van der Waals surface area contributed by atoms with Crippen LogP contribution in [0.25, 0.3) is 0 Å². The third-order valence-corrected chi connectivity index (χ3v) is 1.12. The van der Waals surface area contributed by atoms with E-state index < -0.39 is 0 Å². The van der Waals surface area contributed by atoms with Gasteiger partial charge in [0.1, 0.15) is 12.0 Å². The highest BCUT2D eigenvalue weighted by Gasteiger charge is 2.12. The van der Waals surface area contributed by atoms with E-state index in [0.717, 1.165) is 6.29 Å². The van der Waals surface area contributed by atoms with Crippen molar-refractivity contribution in [3.05, 3.63) is 0 Å². The Hall–Kier alpha value is -0.410. The molecule has 0 aliphatic carbocycles. The fraction of sp³-hybridized carbons (Fsp3) is 0.833. The van der Waals surface area contributed by atoms with Gasteiger partial charge in [0.2, 0.25) is 0 Å². The van der Waals surface area contributed by atoms with Gasteiger partial charge in [-0.15, -0.1) is 0 Å². The summed E-state index contributed by atoms with van der Waals surface area (Å²) in [6.45, 7) is 4.05. The van der Waals surface area contributed by atoms with E-state index in [1.807, 2.05) is 13.8 Å². The number of ether oxygens (including phenoxy) is 1. The molecule has 54 valence electrons. The van der Waals surface area contributed by atoms with E-state index in [2.05, 4.69) is 5.32 Å². The molecule has 0 rings (SSSR count). The molecule has 0 radical (unpaired) electrons. The Bertz CT molecular complexity index is 91.1. The summed E-state index contributed by atoms with van der Waals surface area (Å²) in [4.78, 5) is 9.85. The second kappa shape index (κ2) is 3.58. The number of rotatable bonds is 4. The summed E-state index contributed by atoms with van der Waals surface area (Å²) in [7, 11) is 1.60. The number of carbonyl (C=O) groups is 1. The van der Waals surface area contributed by atoms with E-state index in [9.17, 15) is 4.79 Å². The van der Waals surface area contributed by atoms with E-state index in [1.165, 1.54) is 0 Å². The second-order valence-corrected chi connectivity index (χ2v) is 2.26. The van der Waals surface area contributed by atoms with Crippen molar-refractivity contribution in [2.24, 2.45) is 0 Å². The van der Waals surface area contributed by atoms with Gasteiger partial charge in [-0.3, -0.25) is 5.32 Å². The van der Waals surface area contributed by atoms with Crippen molar-refractivity contribution in [3.8, 4) is 0 Å². The van der Waals surface area contributed by atoms with E-state index >= 15 is 0 Å². The first kappa shape index (κ1) is 8.59. The molecule has 3 nitrogen and oxygen atoms in total. The maximum absolute atomic E-state index is 9.85. The number of hydrogen-bond donors (Lipinski definition) is 1. The van der Waals surface area contributed by atoms with E-state index in [-0.39, 0.29) is 5.72 Å². The molecule has 0 aliphatic heterocycles. The van der Waals surface area contributed by atoms with Crippen molar-refractivity contribution in [2.75, 3.05) is 13.7 Å². The lowest BCUT2D eigenvalue weighted by atomic mass is 10.3. The Kier molecular flexibility index (Phi) is 3.42. The molecule has 0 saturated carbocycles. The van der Waals surface area contributed by atoms with Gasteiger partial charge in [-0.2, -0.15) is 0 Å². The molecule has 0 atom stereocenters. The number of nitrogens with one attached hydrogen (secondary N) is 1. The van der Waals surface area contributed by atoms with Crippen LogP contribution in [0.1, 0.15) is 13.8 Å². The van der Waals surface area contributed by atoms with Gasteiger partial charge < -0.3 is 9.53 Å². The highest BCUT2D eigenvalue weighted by molar-refractivity contribution is 5.51. The van der Waals surface area contributed by atoms with E-state index in [1.54, 1.807) is 7.11 Å². The third kappa shape index (κ3) is 4.12. The van der Waals surface area contributed by atoms with Crippen LogP contribution in [0, 0.1) is 0 Å². The molecule has 3 heteroatoms. The minimum absolute atomic E-state index is 0.334. The molecule has 0 amide bonds. The monoisotopic (exact) mass is 131 g/mol. The molecule has 0 unspecified atom stereocenters. The summed E-state index contributed by atoms with van der Waals surface area (Å²) in [5.41, 5.74) is -0.388. The highest BCUT2D eigenvalue weighted by atomic mass is 16.5. The lowest BCUT2D eigenvalue weighted by Gasteiger charge is -2.22. The fourth-order valence-corrected chi connectivity index (χ4v) is 0.360. The third-order valence-electron chi connectivity index (χ3n) is 1.12. The SMILES string of the molecule is COC(C)(C)NCC=O. The lowest BCUT2D eigenvalue weighted by Crippen LogP contribution is -2.41.